The predicted octanol–water partition coefficient (Wildman–Crippen LogP) is 6.51. The largest absolute Gasteiger partial charge is 0.294 e. The maximum atomic E-state index is 11.4. The molecule has 2 aromatic rings. The molecule has 2 rings (SSSR count). The van der Waals surface area contributed by atoms with E-state index >= 15 is 0 Å². The Labute approximate surface area is 156 Å². The van der Waals surface area contributed by atoms with E-state index in [1.807, 2.05) is 38.1 Å². The number of ketones is 2. The van der Waals surface area contributed by atoms with Crippen molar-refractivity contribution in [3.05, 3.63) is 70.2 Å². The minimum Gasteiger partial charge on any atom is -0.294 e. The number of benzene rings is 2. The molecule has 0 saturated heterocycles. The van der Waals surface area contributed by atoms with Crippen molar-refractivity contribution in [1.82, 2.24) is 0 Å². The molecule has 0 radical (unpaired) electrons. The maximum Gasteiger partial charge on any atom is 0.162 e. The molecule has 0 atom stereocenters. The average Bonchev–Trinajstić information content (AvgIpc) is 2.61. The quantitative estimate of drug-likeness (QED) is 0.584. The van der Waals surface area contributed by atoms with Gasteiger partial charge in [-0.05, 0) is 35.2 Å². The first-order valence-corrected chi connectivity index (χ1v) is 8.99. The summed E-state index contributed by atoms with van der Waals surface area (Å²) in [6, 6.07) is 14.9. The van der Waals surface area contributed by atoms with Crippen molar-refractivity contribution in [2.24, 2.45) is 0 Å². The van der Waals surface area contributed by atoms with Crippen molar-refractivity contribution in [3.8, 4) is 0 Å². The molecule has 0 aliphatic carbocycles. The Morgan fingerprint density at radius 1 is 0.760 bits per heavy atom. The lowest BCUT2D eigenvalue weighted by Crippen LogP contribution is -2.11. The van der Waals surface area contributed by atoms with Crippen LogP contribution in [0.15, 0.2) is 48.5 Å². The summed E-state index contributed by atoms with van der Waals surface area (Å²) in [5, 5.41) is 0.664. The summed E-state index contributed by atoms with van der Waals surface area (Å²) in [7, 11) is 0. The first-order valence-electron chi connectivity index (χ1n) is 8.61. The third-order valence-electron chi connectivity index (χ3n) is 3.88. The topological polar surface area (TPSA) is 34.1 Å². The van der Waals surface area contributed by atoms with E-state index < -0.39 is 0 Å². The minimum atomic E-state index is 0.154. The zero-order valence-electron chi connectivity index (χ0n) is 15.7. The second kappa shape index (κ2) is 9.53. The molecule has 0 heterocycles. The first-order chi connectivity index (χ1) is 11.7. The van der Waals surface area contributed by atoms with E-state index in [0.29, 0.717) is 17.9 Å². The molecule has 0 aliphatic rings. The predicted molar refractivity (Wildman–Crippen MR) is 106 cm³/mol. The van der Waals surface area contributed by atoms with E-state index in [-0.39, 0.29) is 17.0 Å². The lowest BCUT2D eigenvalue weighted by Gasteiger charge is -2.18. The van der Waals surface area contributed by atoms with Crippen molar-refractivity contribution in [1.29, 1.82) is 0 Å². The average molecular weight is 359 g/mol. The lowest BCUT2D eigenvalue weighted by molar-refractivity contribution is 0.0980. The Kier molecular flexibility index (Phi) is 8.05. The Balaban J connectivity index is 0.000000257. The Morgan fingerprint density at radius 3 is 1.44 bits per heavy atom. The molecular weight excluding hydrogens is 332 g/mol. The monoisotopic (exact) mass is 358 g/mol. The molecule has 0 aliphatic heterocycles. The van der Waals surface area contributed by atoms with Gasteiger partial charge in [-0.25, -0.2) is 0 Å². The molecule has 0 fully saturated rings. The summed E-state index contributed by atoms with van der Waals surface area (Å²) < 4.78 is 0. The number of halogens is 1. The van der Waals surface area contributed by atoms with Crippen molar-refractivity contribution in [3.63, 3.8) is 0 Å². The summed E-state index contributed by atoms with van der Waals surface area (Å²) in [5.41, 5.74) is 2.98. The third kappa shape index (κ3) is 6.83. The van der Waals surface area contributed by atoms with Gasteiger partial charge in [-0.15, -0.1) is 0 Å². The van der Waals surface area contributed by atoms with Gasteiger partial charge in [0.05, 0.1) is 0 Å². The summed E-state index contributed by atoms with van der Waals surface area (Å²) in [4.78, 5) is 22.5. The Hall–Kier alpha value is -1.93. The SMILES string of the molecule is CCC(=O)c1ccc(C(C)(C)C)cc1.CCC(=O)c1ccc(Cl)cc1. The summed E-state index contributed by atoms with van der Waals surface area (Å²) in [6.07, 6.45) is 1.12. The lowest BCUT2D eigenvalue weighted by atomic mass is 9.86. The number of carbonyl (C=O) groups is 2. The zero-order valence-corrected chi connectivity index (χ0v) is 16.5. The molecule has 0 N–H and O–H groups in total. The molecule has 0 unspecified atom stereocenters. The second-order valence-electron chi connectivity index (χ2n) is 6.89. The van der Waals surface area contributed by atoms with Crippen LogP contribution in [0.25, 0.3) is 0 Å². The Bertz CT molecular complexity index is 692. The van der Waals surface area contributed by atoms with Gasteiger partial charge >= 0.3 is 0 Å². The van der Waals surface area contributed by atoms with Gasteiger partial charge in [0.15, 0.2) is 11.6 Å². The highest BCUT2D eigenvalue weighted by atomic mass is 35.5. The molecule has 3 heteroatoms. The molecule has 0 aromatic heterocycles. The van der Waals surface area contributed by atoms with Crippen LogP contribution in [0.1, 0.15) is 73.7 Å². The fourth-order valence-corrected chi connectivity index (χ4v) is 2.33. The number of carbonyl (C=O) groups excluding carboxylic acids is 2. The molecule has 0 bridgehead atoms. The number of rotatable bonds is 4. The fourth-order valence-electron chi connectivity index (χ4n) is 2.20. The van der Waals surface area contributed by atoms with E-state index in [1.165, 1.54) is 5.56 Å². The van der Waals surface area contributed by atoms with Crippen molar-refractivity contribution >= 4 is 23.2 Å². The molecule has 0 spiro atoms. The zero-order chi connectivity index (χ0) is 19.0. The van der Waals surface area contributed by atoms with Gasteiger partial charge in [0.25, 0.3) is 0 Å². The Morgan fingerprint density at radius 2 is 1.12 bits per heavy atom. The molecule has 134 valence electrons. The number of hydrogen-bond acceptors (Lipinski definition) is 2. The summed E-state index contributed by atoms with van der Waals surface area (Å²) >= 11 is 5.65. The molecule has 2 nitrogen and oxygen atoms in total. The maximum absolute atomic E-state index is 11.4. The van der Waals surface area contributed by atoms with Gasteiger partial charge in [-0.2, -0.15) is 0 Å². The molecular formula is C22H27ClO2. The van der Waals surface area contributed by atoms with Crippen LogP contribution in [-0.4, -0.2) is 11.6 Å². The van der Waals surface area contributed by atoms with Gasteiger partial charge in [-0.1, -0.05) is 70.5 Å². The molecule has 25 heavy (non-hydrogen) atoms. The van der Waals surface area contributed by atoms with Gasteiger partial charge in [0.2, 0.25) is 0 Å². The number of hydrogen-bond donors (Lipinski definition) is 0. The van der Waals surface area contributed by atoms with Crippen LogP contribution in [0.5, 0.6) is 0 Å². The van der Waals surface area contributed by atoms with E-state index in [0.717, 1.165) is 11.1 Å². The van der Waals surface area contributed by atoms with Gasteiger partial charge in [0, 0.05) is 29.0 Å². The van der Waals surface area contributed by atoms with E-state index in [9.17, 15) is 9.59 Å². The smallest absolute Gasteiger partial charge is 0.162 e. The highest BCUT2D eigenvalue weighted by Gasteiger charge is 2.13. The normalized spacial score (nSPS) is 10.6. The second-order valence-corrected chi connectivity index (χ2v) is 7.32. The molecule has 2 aromatic carbocycles. The van der Waals surface area contributed by atoms with Gasteiger partial charge in [0.1, 0.15) is 0 Å². The van der Waals surface area contributed by atoms with Gasteiger partial charge in [-0.3, -0.25) is 9.59 Å². The van der Waals surface area contributed by atoms with Crippen LogP contribution in [0, 0.1) is 0 Å². The van der Waals surface area contributed by atoms with E-state index in [2.05, 4.69) is 20.8 Å². The van der Waals surface area contributed by atoms with Crippen LogP contribution >= 0.6 is 11.6 Å². The van der Waals surface area contributed by atoms with Crippen LogP contribution in [0.3, 0.4) is 0 Å². The van der Waals surface area contributed by atoms with E-state index in [4.69, 9.17) is 11.6 Å². The highest BCUT2D eigenvalue weighted by Crippen LogP contribution is 2.22. The standard InChI is InChI=1S/C13H18O.C9H9ClO/c1-5-12(14)10-6-8-11(9-7-10)13(2,3)4;1-2-9(11)7-3-5-8(10)6-4-7/h6-9H,5H2,1-4H3;3-6H,2H2,1H3. The summed E-state index contributed by atoms with van der Waals surface area (Å²) in [5.74, 6) is 0.368. The molecule has 0 amide bonds. The minimum absolute atomic E-state index is 0.154. The van der Waals surface area contributed by atoms with Crippen LogP contribution in [0.4, 0.5) is 0 Å². The van der Waals surface area contributed by atoms with Crippen LogP contribution < -0.4 is 0 Å². The fraction of sp³-hybridized carbons (Fsp3) is 0.364. The summed E-state index contributed by atoms with van der Waals surface area (Å²) in [6.45, 7) is 10.2. The van der Waals surface area contributed by atoms with Crippen LogP contribution in [-0.2, 0) is 5.41 Å². The van der Waals surface area contributed by atoms with E-state index in [1.54, 1.807) is 24.3 Å². The highest BCUT2D eigenvalue weighted by molar-refractivity contribution is 6.30. The van der Waals surface area contributed by atoms with Gasteiger partial charge < -0.3 is 0 Å². The first kappa shape index (κ1) is 21.1. The molecule has 0 saturated carbocycles. The van der Waals surface area contributed by atoms with Crippen molar-refractivity contribution in [2.45, 2.75) is 52.9 Å². The van der Waals surface area contributed by atoms with Crippen molar-refractivity contribution in [2.75, 3.05) is 0 Å². The number of Topliss-reactive ketones (excluding diaryl/α,β-unsaturated/α-hetero) is 2. The van der Waals surface area contributed by atoms with Crippen molar-refractivity contribution < 1.29 is 9.59 Å². The third-order valence-corrected chi connectivity index (χ3v) is 4.13. The van der Waals surface area contributed by atoms with Crippen LogP contribution in [0.2, 0.25) is 5.02 Å².